The van der Waals surface area contributed by atoms with E-state index in [1.807, 2.05) is 6.07 Å². The van der Waals surface area contributed by atoms with Gasteiger partial charge in [0.15, 0.2) is 0 Å². The summed E-state index contributed by atoms with van der Waals surface area (Å²) in [5.74, 6) is -1.07. The van der Waals surface area contributed by atoms with Crippen molar-refractivity contribution in [2.75, 3.05) is 36.6 Å². The van der Waals surface area contributed by atoms with Crippen molar-refractivity contribution < 1.29 is 27.8 Å². The highest BCUT2D eigenvalue weighted by molar-refractivity contribution is 8.24. The molecule has 0 saturated carbocycles. The lowest BCUT2D eigenvalue weighted by Gasteiger charge is -2.42. The Hall–Kier alpha value is -3.15. The zero-order valence-corrected chi connectivity index (χ0v) is 19.1. The highest BCUT2D eigenvalue weighted by atomic mass is 32.3. The fraction of sp³-hybridized carbons (Fsp3) is 0.318. The van der Waals surface area contributed by atoms with Crippen molar-refractivity contribution in [1.82, 2.24) is 14.7 Å². The number of esters is 1. The Labute approximate surface area is 191 Å². The Bertz CT molecular complexity index is 1200. The first-order valence-corrected chi connectivity index (χ1v) is 12.2. The molecule has 3 aromatic rings. The molecule has 0 radical (unpaired) electrons. The molecule has 0 spiro atoms. The second-order valence-corrected chi connectivity index (χ2v) is 10.3. The Kier molecular flexibility index (Phi) is 6.28. The number of aryl methyl sites for hydroxylation is 1. The molecule has 0 unspecified atom stereocenters. The fourth-order valence-corrected chi connectivity index (χ4v) is 4.98. The van der Waals surface area contributed by atoms with Crippen LogP contribution in [0.25, 0.3) is 10.9 Å². The predicted octanol–water partition coefficient (Wildman–Crippen LogP) is 3.69. The molecule has 0 bridgehead atoms. The zero-order chi connectivity index (χ0) is 23.8. The number of carbonyl (C=O) groups excluding carboxylic acids is 2. The van der Waals surface area contributed by atoms with Gasteiger partial charge in [-0.05, 0) is 30.3 Å². The van der Waals surface area contributed by atoms with Gasteiger partial charge >= 0.3 is 12.0 Å². The van der Waals surface area contributed by atoms with E-state index in [4.69, 9.17) is 0 Å². The number of amides is 2. The van der Waals surface area contributed by atoms with E-state index in [-0.39, 0.29) is 48.3 Å². The number of urea groups is 1. The van der Waals surface area contributed by atoms with Gasteiger partial charge in [0.05, 0.1) is 42.4 Å². The lowest BCUT2D eigenvalue weighted by atomic mass is 10.1. The predicted molar refractivity (Wildman–Crippen MR) is 124 cm³/mol. The third-order valence-electron chi connectivity index (χ3n) is 5.72. The van der Waals surface area contributed by atoms with Crippen molar-refractivity contribution in [3.05, 3.63) is 59.5 Å². The number of halogens is 1. The molecule has 2 heterocycles. The van der Waals surface area contributed by atoms with Crippen molar-refractivity contribution >= 4 is 39.2 Å². The molecule has 4 rings (SSSR count). The quantitative estimate of drug-likeness (QED) is 0.556. The number of anilines is 1. The largest absolute Gasteiger partial charge is 0.465 e. The Balaban J connectivity index is 1.68. The summed E-state index contributed by atoms with van der Waals surface area (Å²) in [5.41, 5.74) is 1.65. The third kappa shape index (κ3) is 4.80. The SMILES string of the molecule is COC(=O)c1ccc(CN(C(=O)N2CCS(O)(O)CC2)c2ccc3cnn(C)c3c2)c(F)c1. The number of carbonyl (C=O) groups is 2. The van der Waals surface area contributed by atoms with E-state index < -0.39 is 22.4 Å². The van der Waals surface area contributed by atoms with Gasteiger partial charge in [0.2, 0.25) is 0 Å². The van der Waals surface area contributed by atoms with Crippen LogP contribution in [0.1, 0.15) is 15.9 Å². The minimum absolute atomic E-state index is 0.0779. The number of nitrogens with zero attached hydrogens (tertiary/aromatic N) is 4. The molecule has 2 N–H and O–H groups in total. The highest BCUT2D eigenvalue weighted by Gasteiger charge is 2.30. The Morgan fingerprint density at radius 2 is 1.91 bits per heavy atom. The molecule has 2 amide bonds. The molecule has 0 aliphatic carbocycles. The van der Waals surface area contributed by atoms with Crippen LogP contribution in [-0.4, -0.2) is 67.5 Å². The van der Waals surface area contributed by atoms with E-state index in [9.17, 15) is 23.1 Å². The van der Waals surface area contributed by atoms with Crippen LogP contribution in [0, 0.1) is 5.82 Å². The summed E-state index contributed by atoms with van der Waals surface area (Å²) in [4.78, 5) is 28.2. The van der Waals surface area contributed by atoms with Gasteiger partial charge in [-0.2, -0.15) is 15.7 Å². The summed E-state index contributed by atoms with van der Waals surface area (Å²) < 4.78 is 41.0. The molecule has 11 heteroatoms. The number of hydrogen-bond donors (Lipinski definition) is 2. The maximum atomic E-state index is 14.9. The van der Waals surface area contributed by atoms with Crippen LogP contribution in [0.15, 0.2) is 42.6 Å². The number of methoxy groups -OCH3 is 1. The molecular weight excluding hydrogens is 451 g/mol. The molecule has 1 fully saturated rings. The molecule has 2 aromatic carbocycles. The number of rotatable bonds is 4. The third-order valence-corrected chi connectivity index (χ3v) is 7.40. The summed E-state index contributed by atoms with van der Waals surface area (Å²) in [7, 11) is 0.335. The van der Waals surface area contributed by atoms with Crippen LogP contribution in [0.4, 0.5) is 14.9 Å². The maximum Gasteiger partial charge on any atom is 0.337 e. The summed E-state index contributed by atoms with van der Waals surface area (Å²) >= 11 is 0. The smallest absolute Gasteiger partial charge is 0.337 e. The van der Waals surface area contributed by atoms with Gasteiger partial charge in [0, 0.05) is 36.8 Å². The van der Waals surface area contributed by atoms with Gasteiger partial charge in [0.25, 0.3) is 0 Å². The average molecular weight is 477 g/mol. The van der Waals surface area contributed by atoms with Gasteiger partial charge in [-0.15, -0.1) is 0 Å². The van der Waals surface area contributed by atoms with Crippen molar-refractivity contribution in [3.63, 3.8) is 0 Å². The van der Waals surface area contributed by atoms with Crippen LogP contribution in [0.2, 0.25) is 0 Å². The van der Waals surface area contributed by atoms with Crippen molar-refractivity contribution in [1.29, 1.82) is 0 Å². The number of hydrogen-bond acceptors (Lipinski definition) is 6. The van der Waals surface area contributed by atoms with E-state index in [1.54, 1.807) is 30.1 Å². The summed E-state index contributed by atoms with van der Waals surface area (Å²) in [6.45, 7) is 0.299. The molecule has 1 saturated heterocycles. The van der Waals surface area contributed by atoms with Crippen LogP contribution < -0.4 is 4.90 Å². The van der Waals surface area contributed by atoms with Crippen LogP contribution in [0.5, 0.6) is 0 Å². The van der Waals surface area contributed by atoms with Crippen molar-refractivity contribution in [2.24, 2.45) is 7.05 Å². The van der Waals surface area contributed by atoms with Gasteiger partial charge in [0.1, 0.15) is 5.82 Å². The minimum atomic E-state index is -2.68. The first-order valence-electron chi connectivity index (χ1n) is 10.3. The number of benzene rings is 2. The highest BCUT2D eigenvalue weighted by Crippen LogP contribution is 2.40. The van der Waals surface area contributed by atoms with E-state index in [1.165, 1.54) is 29.0 Å². The normalized spacial score (nSPS) is 16.5. The maximum absolute atomic E-state index is 14.9. The molecular formula is C22H25FN4O5S. The van der Waals surface area contributed by atoms with Crippen LogP contribution in [-0.2, 0) is 18.3 Å². The van der Waals surface area contributed by atoms with E-state index in [2.05, 4.69) is 9.84 Å². The molecule has 1 aliphatic heterocycles. The molecule has 1 aromatic heterocycles. The molecule has 9 nitrogen and oxygen atoms in total. The van der Waals surface area contributed by atoms with E-state index >= 15 is 0 Å². The number of fused-ring (bicyclic) bond motifs is 1. The van der Waals surface area contributed by atoms with Gasteiger partial charge in [-0.1, -0.05) is 6.07 Å². The first kappa shape index (κ1) is 23.0. The lowest BCUT2D eigenvalue weighted by Crippen LogP contribution is -2.48. The lowest BCUT2D eigenvalue weighted by molar-refractivity contribution is 0.0600. The van der Waals surface area contributed by atoms with E-state index in [0.29, 0.717) is 5.69 Å². The van der Waals surface area contributed by atoms with Gasteiger partial charge in [-0.3, -0.25) is 18.7 Å². The summed E-state index contributed by atoms with van der Waals surface area (Å²) in [6.07, 6.45) is 1.71. The molecule has 1 aliphatic rings. The zero-order valence-electron chi connectivity index (χ0n) is 18.3. The Morgan fingerprint density at radius 3 is 2.58 bits per heavy atom. The van der Waals surface area contributed by atoms with E-state index in [0.717, 1.165) is 17.0 Å². The second kappa shape index (κ2) is 9.00. The second-order valence-electron chi connectivity index (χ2n) is 7.88. The summed E-state index contributed by atoms with van der Waals surface area (Å²) in [6, 6.07) is 9.03. The minimum Gasteiger partial charge on any atom is -0.465 e. The average Bonchev–Trinajstić information content (AvgIpc) is 3.17. The number of ether oxygens (including phenoxy) is 1. The Morgan fingerprint density at radius 1 is 1.18 bits per heavy atom. The fourth-order valence-electron chi connectivity index (χ4n) is 3.75. The van der Waals surface area contributed by atoms with Gasteiger partial charge in [-0.25, -0.2) is 14.0 Å². The first-order chi connectivity index (χ1) is 15.7. The summed E-state index contributed by atoms with van der Waals surface area (Å²) in [5, 5.41) is 5.12. The standard InChI is InChI=1S/C22H25FN4O5S/c1-25-20-12-18(6-5-16(20)13-24-25)27(22(29)26-7-9-33(30,31)10-8-26)14-17-4-3-15(11-19(17)23)21(28)32-2/h3-6,11-13,30-31H,7-10,14H2,1-2H3. The molecule has 0 atom stereocenters. The monoisotopic (exact) mass is 476 g/mol. The molecule has 33 heavy (non-hydrogen) atoms. The topological polar surface area (TPSA) is 108 Å². The van der Waals surface area contributed by atoms with Crippen molar-refractivity contribution in [3.8, 4) is 0 Å². The van der Waals surface area contributed by atoms with Crippen LogP contribution >= 0.6 is 10.6 Å². The molecule has 176 valence electrons. The van der Waals surface area contributed by atoms with Crippen LogP contribution in [0.3, 0.4) is 0 Å². The van der Waals surface area contributed by atoms with Crippen molar-refractivity contribution in [2.45, 2.75) is 6.54 Å². The number of aromatic nitrogens is 2. The van der Waals surface area contributed by atoms with Gasteiger partial charge < -0.3 is 9.64 Å².